The van der Waals surface area contributed by atoms with Gasteiger partial charge >= 0.3 is 6.03 Å². The van der Waals surface area contributed by atoms with Gasteiger partial charge in [0.15, 0.2) is 0 Å². The molecule has 1 aromatic heterocycles. The zero-order valence-corrected chi connectivity index (χ0v) is 26.9. The second kappa shape index (κ2) is 14.9. The van der Waals surface area contributed by atoms with Crippen LogP contribution in [0.3, 0.4) is 0 Å². The van der Waals surface area contributed by atoms with Gasteiger partial charge in [0.05, 0.1) is 24.0 Å². The minimum Gasteiger partial charge on any atom is -0.367 e. The van der Waals surface area contributed by atoms with Crippen LogP contribution < -0.4 is 25.8 Å². The molecule has 1 aliphatic heterocycles. The van der Waals surface area contributed by atoms with Crippen molar-refractivity contribution in [2.45, 2.75) is 63.7 Å². The van der Waals surface area contributed by atoms with Crippen LogP contribution in [0.4, 0.5) is 33.4 Å². The van der Waals surface area contributed by atoms with E-state index in [0.29, 0.717) is 17.4 Å². The van der Waals surface area contributed by atoms with Crippen LogP contribution in [0.1, 0.15) is 51.1 Å². The lowest BCUT2D eigenvalue weighted by molar-refractivity contribution is -0.111. The second-order valence-electron chi connectivity index (χ2n) is 12.3. The van der Waals surface area contributed by atoms with E-state index >= 15 is 0 Å². The van der Waals surface area contributed by atoms with Gasteiger partial charge in [-0.25, -0.2) is 9.64 Å². The van der Waals surface area contributed by atoms with Crippen LogP contribution in [0.5, 0.6) is 0 Å². The zero-order valence-electron chi connectivity index (χ0n) is 26.9. The predicted molar refractivity (Wildman–Crippen MR) is 186 cm³/mol. The number of aromatic nitrogens is 1. The van der Waals surface area contributed by atoms with Gasteiger partial charge in [-0.05, 0) is 82.5 Å². The van der Waals surface area contributed by atoms with Gasteiger partial charge in [-0.15, -0.1) is 0 Å². The number of piperazine rings is 1. The van der Waals surface area contributed by atoms with E-state index in [2.05, 4.69) is 56.1 Å². The molecule has 2 fully saturated rings. The number of nitrogens with one attached hydrogen (secondary N) is 3. The Morgan fingerprint density at radius 3 is 2.50 bits per heavy atom. The third kappa shape index (κ3) is 7.85. The fourth-order valence-electron chi connectivity index (χ4n) is 6.30. The predicted octanol–water partition coefficient (Wildman–Crippen LogP) is 6.60. The standard InChI is InChI=1S/C36H44N8O2/c1-6-35(45)41-32-22-31(17-18-33(32)43-21-20-42(5)25(2)24-43)44(36(46)39-26(3)27-10-8-7-9-11-27)30-15-12-28(13-16-30)40-34-19-14-29(37-4)23-38-34/h6-11,14,17-19,22-23,25-26,28,30H,1,12-13,15-16,20-21,24H2,2-3,5H3,(H,38,40)(H,39,46)(H,41,45)/t25-,26+,28?,30?/m0/s1. The Labute approximate surface area is 272 Å². The summed E-state index contributed by atoms with van der Waals surface area (Å²) < 4.78 is 0. The van der Waals surface area contributed by atoms with Gasteiger partial charge in [0, 0.05) is 49.6 Å². The number of urea groups is 1. The molecule has 3 N–H and O–H groups in total. The van der Waals surface area contributed by atoms with Crippen LogP contribution in [0.2, 0.25) is 0 Å². The van der Waals surface area contributed by atoms with Gasteiger partial charge in [-0.2, -0.15) is 0 Å². The quantitative estimate of drug-likeness (QED) is 0.184. The molecule has 3 aromatic rings. The van der Waals surface area contributed by atoms with Gasteiger partial charge in [-0.1, -0.05) is 43.0 Å². The van der Waals surface area contributed by atoms with E-state index in [-0.39, 0.29) is 30.1 Å². The summed E-state index contributed by atoms with van der Waals surface area (Å²) in [6.07, 6.45) is 6.14. The Hall–Kier alpha value is -4.88. The fraction of sp³-hybridized carbons (Fsp3) is 0.389. The summed E-state index contributed by atoms with van der Waals surface area (Å²) in [6, 6.07) is 19.7. The van der Waals surface area contributed by atoms with Gasteiger partial charge < -0.3 is 25.8 Å². The van der Waals surface area contributed by atoms with Crippen molar-refractivity contribution in [1.82, 2.24) is 15.2 Å². The van der Waals surface area contributed by atoms with Crippen molar-refractivity contribution < 1.29 is 9.59 Å². The summed E-state index contributed by atoms with van der Waals surface area (Å²) in [5.41, 5.74) is 3.87. The molecule has 2 heterocycles. The number of hydrogen-bond acceptors (Lipinski definition) is 6. The summed E-state index contributed by atoms with van der Waals surface area (Å²) in [5, 5.41) is 9.76. The van der Waals surface area contributed by atoms with E-state index in [1.54, 1.807) is 12.3 Å². The Kier molecular flexibility index (Phi) is 10.6. The minimum absolute atomic E-state index is 0.0454. The van der Waals surface area contributed by atoms with E-state index in [9.17, 15) is 9.59 Å². The average molecular weight is 621 g/mol. The van der Waals surface area contributed by atoms with E-state index in [1.807, 2.05) is 66.4 Å². The molecule has 240 valence electrons. The first-order valence-corrected chi connectivity index (χ1v) is 16.0. The molecule has 46 heavy (non-hydrogen) atoms. The number of rotatable bonds is 9. The maximum atomic E-state index is 14.2. The van der Waals surface area contributed by atoms with E-state index < -0.39 is 0 Å². The first-order chi connectivity index (χ1) is 22.2. The van der Waals surface area contributed by atoms with E-state index in [4.69, 9.17) is 6.57 Å². The molecule has 5 rings (SSSR count). The smallest absolute Gasteiger partial charge is 0.322 e. The first kappa shape index (κ1) is 32.5. The van der Waals surface area contributed by atoms with E-state index in [1.165, 1.54) is 6.08 Å². The number of carbonyl (C=O) groups is 2. The first-order valence-electron chi connectivity index (χ1n) is 16.0. The largest absolute Gasteiger partial charge is 0.367 e. The molecule has 2 aromatic carbocycles. The van der Waals surface area contributed by atoms with Crippen LogP contribution in [0, 0.1) is 6.57 Å². The van der Waals surface area contributed by atoms with Gasteiger partial charge in [-0.3, -0.25) is 14.7 Å². The minimum atomic E-state index is -0.293. The third-order valence-electron chi connectivity index (χ3n) is 9.15. The molecule has 1 saturated carbocycles. The van der Waals surface area contributed by atoms with Crippen molar-refractivity contribution in [2.24, 2.45) is 0 Å². The lowest BCUT2D eigenvalue weighted by atomic mass is 9.89. The highest BCUT2D eigenvalue weighted by molar-refractivity contribution is 6.02. The maximum Gasteiger partial charge on any atom is 0.322 e. The van der Waals surface area contributed by atoms with Crippen molar-refractivity contribution >= 4 is 40.5 Å². The molecule has 2 atom stereocenters. The SMILES string of the molecule is [C-]#[N+]c1ccc(NC2CCC(N(C(=O)N[C@H](C)c3ccccc3)c3ccc(N4CCN(C)[C@@H](C)C4)c(NC(=O)C=C)c3)CC2)nc1. The molecular weight excluding hydrogens is 576 g/mol. The number of hydrogen-bond donors (Lipinski definition) is 3. The topological polar surface area (TPSA) is 97.2 Å². The lowest BCUT2D eigenvalue weighted by Crippen LogP contribution is -2.50. The molecule has 1 saturated heterocycles. The number of likely N-dealkylation sites (N-methyl/N-ethyl adjacent to an activating group) is 1. The molecule has 10 nitrogen and oxygen atoms in total. The van der Waals surface area contributed by atoms with Crippen LogP contribution >= 0.6 is 0 Å². The van der Waals surface area contributed by atoms with Crippen molar-refractivity contribution in [1.29, 1.82) is 0 Å². The number of amides is 3. The van der Waals surface area contributed by atoms with Gasteiger partial charge in [0.1, 0.15) is 5.82 Å². The normalized spacial score (nSPS) is 20.6. The molecule has 0 radical (unpaired) electrons. The number of benzene rings is 2. The van der Waals surface area contributed by atoms with Crippen molar-refractivity contribution in [3.63, 3.8) is 0 Å². The monoisotopic (exact) mass is 620 g/mol. The number of carbonyl (C=O) groups excluding carboxylic acids is 2. The van der Waals surface area contributed by atoms with Crippen molar-refractivity contribution in [3.8, 4) is 0 Å². The number of anilines is 4. The van der Waals surface area contributed by atoms with Crippen LogP contribution in [0.15, 0.2) is 79.5 Å². The molecule has 0 unspecified atom stereocenters. The summed E-state index contributed by atoms with van der Waals surface area (Å²) in [5.74, 6) is 0.456. The van der Waals surface area contributed by atoms with Gasteiger partial charge in [0.2, 0.25) is 11.6 Å². The molecule has 1 aliphatic carbocycles. The zero-order chi connectivity index (χ0) is 32.6. The summed E-state index contributed by atoms with van der Waals surface area (Å²) in [6.45, 7) is 17.6. The molecule has 0 bridgehead atoms. The molecule has 2 aliphatic rings. The Balaban J connectivity index is 1.41. The Morgan fingerprint density at radius 2 is 1.85 bits per heavy atom. The Morgan fingerprint density at radius 1 is 1.09 bits per heavy atom. The highest BCUT2D eigenvalue weighted by Crippen LogP contribution is 2.36. The average Bonchev–Trinajstić information content (AvgIpc) is 3.07. The lowest BCUT2D eigenvalue weighted by Gasteiger charge is -2.40. The van der Waals surface area contributed by atoms with Crippen molar-refractivity contribution in [3.05, 3.63) is 96.5 Å². The second-order valence-corrected chi connectivity index (χ2v) is 12.3. The fourth-order valence-corrected chi connectivity index (χ4v) is 6.30. The highest BCUT2D eigenvalue weighted by Gasteiger charge is 2.32. The molecule has 3 amide bonds. The summed E-state index contributed by atoms with van der Waals surface area (Å²) in [7, 11) is 2.13. The molecular formula is C36H44N8O2. The van der Waals surface area contributed by atoms with Crippen molar-refractivity contribution in [2.75, 3.05) is 47.1 Å². The van der Waals surface area contributed by atoms with Gasteiger partial charge in [0.25, 0.3) is 0 Å². The van der Waals surface area contributed by atoms with Crippen LogP contribution in [-0.2, 0) is 4.79 Å². The maximum absolute atomic E-state index is 14.2. The van der Waals surface area contributed by atoms with Crippen LogP contribution in [-0.4, -0.2) is 66.6 Å². The number of pyridine rings is 1. The molecule has 10 heteroatoms. The third-order valence-corrected chi connectivity index (χ3v) is 9.15. The summed E-state index contributed by atoms with van der Waals surface area (Å²) >= 11 is 0. The Bertz CT molecular complexity index is 1550. The van der Waals surface area contributed by atoms with Crippen LogP contribution in [0.25, 0.3) is 4.85 Å². The highest BCUT2D eigenvalue weighted by atomic mass is 16.2. The van der Waals surface area contributed by atoms with E-state index in [0.717, 1.165) is 68.1 Å². The molecule has 0 spiro atoms. The summed E-state index contributed by atoms with van der Waals surface area (Å²) in [4.78, 5) is 41.1. The number of nitrogens with zero attached hydrogens (tertiary/aromatic N) is 5.